The van der Waals surface area contributed by atoms with Gasteiger partial charge in [-0.05, 0) is 5.56 Å². The highest BCUT2D eigenvalue weighted by Gasteiger charge is 2.26. The molecule has 0 saturated carbocycles. The van der Waals surface area contributed by atoms with Gasteiger partial charge in [0, 0.05) is 19.3 Å². The van der Waals surface area contributed by atoms with Crippen LogP contribution in [0.2, 0.25) is 0 Å². The average molecular weight is 313 g/mol. The zero-order valence-corrected chi connectivity index (χ0v) is 12.2. The van der Waals surface area contributed by atoms with E-state index in [2.05, 4.69) is 5.32 Å². The minimum absolute atomic E-state index is 0.110. The molecule has 0 saturated heterocycles. The molecule has 7 nitrogen and oxygen atoms in total. The highest BCUT2D eigenvalue weighted by Crippen LogP contribution is 2.19. The summed E-state index contributed by atoms with van der Waals surface area (Å²) in [6.07, 6.45) is 1.31. The Morgan fingerprint density at radius 2 is 2.00 bits per heavy atom. The van der Waals surface area contributed by atoms with Gasteiger partial charge in [0.15, 0.2) is 11.4 Å². The topological polar surface area (TPSA) is 103 Å². The fourth-order valence-corrected chi connectivity index (χ4v) is 2.46. The number of nitrogens with zero attached hydrogens (tertiary/aromatic N) is 1. The quantitative estimate of drug-likeness (QED) is 0.845. The van der Waals surface area contributed by atoms with Crippen molar-refractivity contribution in [3.05, 3.63) is 63.6 Å². The summed E-state index contributed by atoms with van der Waals surface area (Å²) in [5.41, 5.74) is 5.34. The van der Waals surface area contributed by atoms with Crippen molar-refractivity contribution >= 4 is 11.8 Å². The molecule has 1 aliphatic rings. The lowest BCUT2D eigenvalue weighted by molar-refractivity contribution is 0.0915. The molecular weight excluding hydrogens is 298 g/mol. The van der Waals surface area contributed by atoms with Crippen LogP contribution in [0.1, 0.15) is 26.4 Å². The molecule has 1 aromatic heterocycles. The molecule has 0 unspecified atom stereocenters. The van der Waals surface area contributed by atoms with Crippen LogP contribution in [0.25, 0.3) is 0 Å². The predicted octanol–water partition coefficient (Wildman–Crippen LogP) is 0.270. The molecule has 0 aliphatic carbocycles. The summed E-state index contributed by atoms with van der Waals surface area (Å²) in [6.45, 7) is 0.951. The second-order valence-electron chi connectivity index (χ2n) is 5.14. The molecule has 0 fully saturated rings. The van der Waals surface area contributed by atoms with Gasteiger partial charge in [-0.2, -0.15) is 0 Å². The molecule has 3 N–H and O–H groups in total. The van der Waals surface area contributed by atoms with E-state index >= 15 is 0 Å². The fraction of sp³-hybridized carbons (Fsp3) is 0.188. The molecular formula is C16H15N3O4. The molecule has 3 rings (SSSR count). The number of hydrogen-bond donors (Lipinski definition) is 2. The second-order valence-corrected chi connectivity index (χ2v) is 5.14. The van der Waals surface area contributed by atoms with Gasteiger partial charge in [-0.15, -0.1) is 0 Å². The van der Waals surface area contributed by atoms with Crippen molar-refractivity contribution < 1.29 is 14.3 Å². The van der Waals surface area contributed by atoms with Gasteiger partial charge >= 0.3 is 0 Å². The Labute approximate surface area is 131 Å². The number of rotatable bonds is 4. The maximum atomic E-state index is 12.4. The number of carbonyl (C=O) groups is 2. The zero-order valence-electron chi connectivity index (χ0n) is 12.2. The number of hydrogen-bond acceptors (Lipinski definition) is 4. The number of fused-ring (bicyclic) bond motifs is 1. The first kappa shape index (κ1) is 14.8. The van der Waals surface area contributed by atoms with Gasteiger partial charge in [-0.3, -0.25) is 14.4 Å². The minimum Gasteiger partial charge on any atom is -0.483 e. The van der Waals surface area contributed by atoms with Crippen molar-refractivity contribution in [2.75, 3.05) is 6.54 Å². The van der Waals surface area contributed by atoms with E-state index in [-0.39, 0.29) is 23.6 Å². The van der Waals surface area contributed by atoms with Gasteiger partial charge in [0.1, 0.15) is 12.2 Å². The van der Waals surface area contributed by atoms with E-state index in [0.29, 0.717) is 13.1 Å². The Kier molecular flexibility index (Phi) is 3.84. The second kappa shape index (κ2) is 5.96. The number of aromatic nitrogens is 1. The van der Waals surface area contributed by atoms with Crippen LogP contribution in [0.4, 0.5) is 0 Å². The number of nitrogens with two attached hydrogens (primary N) is 1. The van der Waals surface area contributed by atoms with Gasteiger partial charge < -0.3 is 20.4 Å². The van der Waals surface area contributed by atoms with Crippen molar-refractivity contribution in [2.45, 2.75) is 13.2 Å². The van der Waals surface area contributed by atoms with E-state index in [1.54, 1.807) is 0 Å². The Morgan fingerprint density at radius 1 is 1.26 bits per heavy atom. The lowest BCUT2D eigenvalue weighted by atomic mass is 10.1. The van der Waals surface area contributed by atoms with Crippen LogP contribution in [0.3, 0.4) is 0 Å². The third-order valence-electron chi connectivity index (χ3n) is 3.58. The van der Waals surface area contributed by atoms with Crippen LogP contribution in [0.5, 0.6) is 5.75 Å². The maximum Gasteiger partial charge on any atom is 0.272 e. The summed E-state index contributed by atoms with van der Waals surface area (Å²) in [5.74, 6) is -1.41. The van der Waals surface area contributed by atoms with E-state index in [4.69, 9.17) is 10.5 Å². The summed E-state index contributed by atoms with van der Waals surface area (Å²) in [5, 5.41) is 2.66. The first-order valence-electron chi connectivity index (χ1n) is 7.10. The van der Waals surface area contributed by atoms with Gasteiger partial charge in [0.2, 0.25) is 5.43 Å². The molecule has 1 aliphatic heterocycles. The van der Waals surface area contributed by atoms with Crippen molar-refractivity contribution in [3.8, 4) is 5.75 Å². The number of amides is 2. The number of primary amides is 1. The number of benzene rings is 1. The molecule has 0 radical (unpaired) electrons. The average Bonchev–Trinajstić information content (AvgIpc) is 2.55. The number of ether oxygens (including phenoxy) is 1. The normalized spacial score (nSPS) is 13.1. The highest BCUT2D eigenvalue weighted by molar-refractivity contribution is 5.98. The smallest absolute Gasteiger partial charge is 0.272 e. The standard InChI is InChI=1S/C16H15N3O4/c17-15(21)11-8-19-7-6-18-16(22)12(19)14(13(11)20)23-9-10-4-2-1-3-5-10/h1-5,8H,6-7,9H2,(H2,17,21)(H,18,22). The van der Waals surface area contributed by atoms with Crippen LogP contribution < -0.4 is 21.2 Å². The van der Waals surface area contributed by atoms with Crippen molar-refractivity contribution in [1.82, 2.24) is 9.88 Å². The number of carbonyl (C=O) groups excluding carboxylic acids is 2. The third kappa shape index (κ3) is 2.80. The number of nitrogens with one attached hydrogen (secondary N) is 1. The summed E-state index contributed by atoms with van der Waals surface area (Å²) in [7, 11) is 0. The van der Waals surface area contributed by atoms with Crippen molar-refractivity contribution in [2.24, 2.45) is 5.73 Å². The van der Waals surface area contributed by atoms with E-state index in [9.17, 15) is 14.4 Å². The first-order chi connectivity index (χ1) is 11.1. The summed E-state index contributed by atoms with van der Waals surface area (Å²) >= 11 is 0. The molecule has 118 valence electrons. The van der Waals surface area contributed by atoms with E-state index in [0.717, 1.165) is 5.56 Å². The first-order valence-corrected chi connectivity index (χ1v) is 7.10. The SMILES string of the molecule is NC(=O)c1cn2c(c(OCc3ccccc3)c1=O)C(=O)NCC2. The third-order valence-corrected chi connectivity index (χ3v) is 3.58. The fourth-order valence-electron chi connectivity index (χ4n) is 2.46. The van der Waals surface area contributed by atoms with E-state index in [1.807, 2.05) is 30.3 Å². The molecule has 0 spiro atoms. The molecule has 0 atom stereocenters. The van der Waals surface area contributed by atoms with Crippen LogP contribution >= 0.6 is 0 Å². The molecule has 23 heavy (non-hydrogen) atoms. The molecule has 1 aromatic carbocycles. The van der Waals surface area contributed by atoms with Crippen molar-refractivity contribution in [1.29, 1.82) is 0 Å². The predicted molar refractivity (Wildman–Crippen MR) is 82.3 cm³/mol. The lowest BCUT2D eigenvalue weighted by Crippen LogP contribution is -2.39. The Hall–Kier alpha value is -3.09. The van der Waals surface area contributed by atoms with E-state index in [1.165, 1.54) is 10.8 Å². The molecule has 2 amide bonds. The van der Waals surface area contributed by atoms with Crippen LogP contribution in [-0.4, -0.2) is 22.9 Å². The summed E-state index contributed by atoms with van der Waals surface area (Å²) in [4.78, 5) is 36.0. The molecule has 2 aromatic rings. The Bertz CT molecular complexity index is 827. The van der Waals surface area contributed by atoms with Crippen LogP contribution in [-0.2, 0) is 13.2 Å². The van der Waals surface area contributed by atoms with E-state index < -0.39 is 17.2 Å². The molecule has 0 bridgehead atoms. The lowest BCUT2D eigenvalue weighted by Gasteiger charge is -2.22. The van der Waals surface area contributed by atoms with Crippen LogP contribution in [0.15, 0.2) is 41.3 Å². The molecule has 7 heteroatoms. The summed E-state index contributed by atoms with van der Waals surface area (Å²) < 4.78 is 7.11. The minimum atomic E-state index is -0.846. The van der Waals surface area contributed by atoms with Gasteiger partial charge in [0.25, 0.3) is 11.8 Å². The largest absolute Gasteiger partial charge is 0.483 e. The summed E-state index contributed by atoms with van der Waals surface area (Å²) in [6, 6.07) is 9.21. The Morgan fingerprint density at radius 3 is 2.70 bits per heavy atom. The van der Waals surface area contributed by atoms with Gasteiger partial charge in [0.05, 0.1) is 0 Å². The van der Waals surface area contributed by atoms with Crippen molar-refractivity contribution in [3.63, 3.8) is 0 Å². The molecule has 2 heterocycles. The zero-order chi connectivity index (χ0) is 16.4. The van der Waals surface area contributed by atoms with Gasteiger partial charge in [-0.25, -0.2) is 0 Å². The monoisotopic (exact) mass is 313 g/mol. The number of pyridine rings is 1. The van der Waals surface area contributed by atoms with Gasteiger partial charge in [-0.1, -0.05) is 30.3 Å². The Balaban J connectivity index is 2.06. The van der Waals surface area contributed by atoms with Crippen LogP contribution in [0, 0.1) is 0 Å². The highest BCUT2D eigenvalue weighted by atomic mass is 16.5. The maximum absolute atomic E-state index is 12.4.